The van der Waals surface area contributed by atoms with E-state index in [9.17, 15) is 9.18 Å². The summed E-state index contributed by atoms with van der Waals surface area (Å²) in [5.74, 6) is -1.98. The summed E-state index contributed by atoms with van der Waals surface area (Å²) in [6.07, 6.45) is 0.0595. The van der Waals surface area contributed by atoms with Crippen molar-refractivity contribution in [2.24, 2.45) is 5.92 Å². The van der Waals surface area contributed by atoms with Crippen LogP contribution in [0.15, 0.2) is 24.3 Å². The Balaban J connectivity index is 2.25. The zero-order valence-electron chi connectivity index (χ0n) is 7.21. The lowest BCUT2D eigenvalue weighted by atomic mass is 10.1. The second-order valence-corrected chi connectivity index (χ2v) is 3.90. The maximum atomic E-state index is 13.9. The fourth-order valence-electron chi connectivity index (χ4n) is 1.57. The highest BCUT2D eigenvalue weighted by Gasteiger charge is 2.61. The molecule has 0 bridgehead atoms. The minimum absolute atomic E-state index is 0.0595. The van der Waals surface area contributed by atoms with Crippen molar-refractivity contribution >= 4 is 17.6 Å². The number of hydrogen-bond donors (Lipinski definition) is 1. The average Bonchev–Trinajstić information content (AvgIpc) is 2.80. The quantitative estimate of drug-likeness (QED) is 0.822. The summed E-state index contributed by atoms with van der Waals surface area (Å²) in [6, 6.07) is 6.20. The molecule has 74 valence electrons. The van der Waals surface area contributed by atoms with Gasteiger partial charge in [0.1, 0.15) is 5.67 Å². The maximum Gasteiger partial charge on any atom is 0.310 e. The van der Waals surface area contributed by atoms with Gasteiger partial charge in [-0.1, -0.05) is 23.7 Å². The topological polar surface area (TPSA) is 37.3 Å². The van der Waals surface area contributed by atoms with Gasteiger partial charge in [-0.15, -0.1) is 0 Å². The predicted molar refractivity (Wildman–Crippen MR) is 50.0 cm³/mol. The highest BCUT2D eigenvalue weighted by atomic mass is 35.5. The van der Waals surface area contributed by atoms with Crippen LogP contribution in [0.1, 0.15) is 12.0 Å². The number of carboxylic acid groups (broad SMARTS) is 1. The Morgan fingerprint density at radius 2 is 2.07 bits per heavy atom. The summed E-state index contributed by atoms with van der Waals surface area (Å²) >= 11 is 5.64. The molecule has 0 aliphatic heterocycles. The molecule has 1 aromatic rings. The number of carboxylic acids is 1. The van der Waals surface area contributed by atoms with E-state index in [0.717, 1.165) is 0 Å². The highest BCUT2D eigenvalue weighted by molar-refractivity contribution is 6.30. The lowest BCUT2D eigenvalue weighted by Crippen LogP contribution is -2.09. The molecule has 0 unspecified atom stereocenters. The molecule has 0 heterocycles. The van der Waals surface area contributed by atoms with Gasteiger partial charge in [0.2, 0.25) is 0 Å². The second-order valence-electron chi connectivity index (χ2n) is 3.46. The lowest BCUT2D eigenvalue weighted by molar-refractivity contribution is -0.139. The largest absolute Gasteiger partial charge is 0.481 e. The van der Waals surface area contributed by atoms with E-state index in [2.05, 4.69) is 0 Å². The molecular formula is C10H8ClFO2. The minimum Gasteiger partial charge on any atom is -0.481 e. The minimum atomic E-state index is -1.68. The van der Waals surface area contributed by atoms with Crippen LogP contribution < -0.4 is 0 Å². The maximum absolute atomic E-state index is 13.9. The van der Waals surface area contributed by atoms with E-state index in [-0.39, 0.29) is 6.42 Å². The molecule has 1 saturated carbocycles. The molecule has 1 N–H and O–H groups in total. The van der Waals surface area contributed by atoms with Crippen molar-refractivity contribution in [2.45, 2.75) is 12.1 Å². The van der Waals surface area contributed by atoms with Crippen LogP contribution in [-0.4, -0.2) is 11.1 Å². The molecule has 0 saturated heterocycles. The fraction of sp³-hybridized carbons (Fsp3) is 0.300. The number of rotatable bonds is 2. The smallest absolute Gasteiger partial charge is 0.310 e. The van der Waals surface area contributed by atoms with Crippen molar-refractivity contribution in [3.63, 3.8) is 0 Å². The van der Waals surface area contributed by atoms with E-state index in [1.807, 2.05) is 0 Å². The Bertz CT molecular complexity index is 376. The molecule has 2 rings (SSSR count). The first kappa shape index (κ1) is 9.46. The highest BCUT2D eigenvalue weighted by Crippen LogP contribution is 2.55. The number of carbonyl (C=O) groups is 1. The van der Waals surface area contributed by atoms with Gasteiger partial charge in [0.25, 0.3) is 0 Å². The van der Waals surface area contributed by atoms with Crippen LogP contribution in [0.5, 0.6) is 0 Å². The van der Waals surface area contributed by atoms with Crippen LogP contribution in [0, 0.1) is 5.92 Å². The summed E-state index contributed by atoms with van der Waals surface area (Å²) < 4.78 is 13.9. The van der Waals surface area contributed by atoms with Crippen LogP contribution >= 0.6 is 11.6 Å². The van der Waals surface area contributed by atoms with Crippen LogP contribution in [0.3, 0.4) is 0 Å². The number of benzene rings is 1. The standard InChI is InChI=1S/C10H8ClFO2/c11-7-3-1-6(2-4-7)10(12)5-8(10)9(13)14/h1-4,8H,5H2,(H,13,14)/t8-,10+/m1/s1. The number of hydrogen-bond acceptors (Lipinski definition) is 1. The van der Waals surface area contributed by atoms with Crippen molar-refractivity contribution in [3.05, 3.63) is 34.9 Å². The third-order valence-corrected chi connectivity index (χ3v) is 2.77. The molecule has 2 atom stereocenters. The lowest BCUT2D eigenvalue weighted by Gasteiger charge is -2.05. The first-order valence-corrected chi connectivity index (χ1v) is 4.59. The van der Waals surface area contributed by atoms with E-state index in [0.29, 0.717) is 10.6 Å². The first-order chi connectivity index (χ1) is 6.54. The van der Waals surface area contributed by atoms with Crippen LogP contribution in [-0.2, 0) is 10.5 Å². The van der Waals surface area contributed by atoms with Crippen molar-refractivity contribution in [1.29, 1.82) is 0 Å². The zero-order chi connectivity index (χ0) is 10.3. The SMILES string of the molecule is O=C(O)[C@H]1C[C@]1(F)c1ccc(Cl)cc1. The summed E-state index contributed by atoms with van der Waals surface area (Å²) in [4.78, 5) is 10.6. The van der Waals surface area contributed by atoms with E-state index < -0.39 is 17.6 Å². The molecule has 4 heteroatoms. The Morgan fingerprint density at radius 3 is 2.50 bits per heavy atom. The molecule has 1 aliphatic rings. The number of aliphatic carboxylic acids is 1. The molecular weight excluding hydrogens is 207 g/mol. The van der Waals surface area contributed by atoms with Gasteiger partial charge in [0.15, 0.2) is 0 Å². The summed E-state index contributed by atoms with van der Waals surface area (Å²) in [5.41, 5.74) is -1.29. The van der Waals surface area contributed by atoms with Gasteiger partial charge in [0, 0.05) is 11.4 Å². The molecule has 0 amide bonds. The Morgan fingerprint density at radius 1 is 1.50 bits per heavy atom. The predicted octanol–water partition coefficient (Wildman–Crippen LogP) is 2.61. The van der Waals surface area contributed by atoms with Crippen molar-refractivity contribution in [1.82, 2.24) is 0 Å². The van der Waals surface area contributed by atoms with Crippen molar-refractivity contribution in [2.75, 3.05) is 0 Å². The average molecular weight is 215 g/mol. The van der Waals surface area contributed by atoms with Gasteiger partial charge in [-0.3, -0.25) is 4.79 Å². The van der Waals surface area contributed by atoms with Gasteiger partial charge in [-0.05, 0) is 17.7 Å². The van der Waals surface area contributed by atoms with Crippen molar-refractivity contribution < 1.29 is 14.3 Å². The zero-order valence-corrected chi connectivity index (χ0v) is 7.96. The molecule has 0 spiro atoms. The van der Waals surface area contributed by atoms with E-state index in [1.54, 1.807) is 12.1 Å². The van der Waals surface area contributed by atoms with Gasteiger partial charge in [-0.2, -0.15) is 0 Å². The summed E-state index contributed by atoms with van der Waals surface area (Å²) in [7, 11) is 0. The molecule has 2 nitrogen and oxygen atoms in total. The Labute approximate surface area is 85.3 Å². The molecule has 14 heavy (non-hydrogen) atoms. The third-order valence-electron chi connectivity index (χ3n) is 2.52. The normalized spacial score (nSPS) is 30.0. The number of halogens is 2. The van der Waals surface area contributed by atoms with E-state index in [4.69, 9.17) is 16.7 Å². The first-order valence-electron chi connectivity index (χ1n) is 4.22. The molecule has 1 aromatic carbocycles. The summed E-state index contributed by atoms with van der Waals surface area (Å²) in [5, 5.41) is 9.16. The van der Waals surface area contributed by atoms with Crippen LogP contribution in [0.4, 0.5) is 4.39 Å². The van der Waals surface area contributed by atoms with E-state index in [1.165, 1.54) is 12.1 Å². The van der Waals surface area contributed by atoms with Crippen LogP contribution in [0.25, 0.3) is 0 Å². The van der Waals surface area contributed by atoms with Crippen LogP contribution in [0.2, 0.25) is 5.02 Å². The molecule has 1 fully saturated rings. The molecule has 0 aromatic heterocycles. The second kappa shape index (κ2) is 2.95. The number of alkyl halides is 1. The van der Waals surface area contributed by atoms with Gasteiger partial charge in [-0.25, -0.2) is 4.39 Å². The summed E-state index contributed by atoms with van der Waals surface area (Å²) in [6.45, 7) is 0. The monoisotopic (exact) mass is 214 g/mol. The van der Waals surface area contributed by atoms with Gasteiger partial charge < -0.3 is 5.11 Å². The van der Waals surface area contributed by atoms with Gasteiger partial charge >= 0.3 is 5.97 Å². The molecule has 1 aliphatic carbocycles. The molecule has 0 radical (unpaired) electrons. The van der Waals surface area contributed by atoms with E-state index >= 15 is 0 Å². The van der Waals surface area contributed by atoms with Gasteiger partial charge in [0.05, 0.1) is 5.92 Å². The fourth-order valence-corrected chi connectivity index (χ4v) is 1.69. The Hall–Kier alpha value is -1.09. The Kier molecular flexibility index (Phi) is 2.00. The third kappa shape index (κ3) is 1.38. The van der Waals surface area contributed by atoms with Crippen molar-refractivity contribution in [3.8, 4) is 0 Å².